The molecule has 4 nitrogen and oxygen atoms in total. The molecule has 0 N–H and O–H groups in total. The van der Waals surface area contributed by atoms with Gasteiger partial charge in [-0.3, -0.25) is 4.79 Å². The summed E-state index contributed by atoms with van der Waals surface area (Å²) in [5.74, 6) is -1.96. The van der Waals surface area contributed by atoms with Gasteiger partial charge in [0.25, 0.3) is 0 Å². The molecule has 0 radical (unpaired) electrons. The lowest BCUT2D eigenvalue weighted by molar-refractivity contribution is -0.118. The zero-order chi connectivity index (χ0) is 19.4. The summed E-state index contributed by atoms with van der Waals surface area (Å²) in [5, 5.41) is 4.45. The summed E-state index contributed by atoms with van der Waals surface area (Å²) in [6.07, 6.45) is 2.26. The molecule has 0 amide bonds. The Bertz CT molecular complexity index is 910. The number of alkyl halides is 2. The number of benzene rings is 2. The molecule has 140 valence electrons. The fourth-order valence-corrected chi connectivity index (χ4v) is 2.77. The second-order valence-corrected chi connectivity index (χ2v) is 6.69. The molecule has 0 aliphatic heterocycles. The minimum atomic E-state index is -2.73. The van der Waals surface area contributed by atoms with Crippen LogP contribution in [0.3, 0.4) is 0 Å². The number of carbonyl (C=O) groups excluding carboxylic acids is 1. The second kappa shape index (κ2) is 7.78. The summed E-state index contributed by atoms with van der Waals surface area (Å²) >= 11 is 0. The molecule has 0 saturated heterocycles. The predicted octanol–water partition coefficient (Wildman–Crippen LogP) is 4.65. The van der Waals surface area contributed by atoms with Gasteiger partial charge in [0.2, 0.25) is 5.92 Å². The average molecular weight is 369 g/mol. The Morgan fingerprint density at radius 1 is 1.04 bits per heavy atom. The molecule has 0 aliphatic carbocycles. The van der Waals surface area contributed by atoms with Crippen LogP contribution in [0.5, 0.6) is 0 Å². The fraction of sp³-hybridized carbons (Fsp3) is 0.286. The molecule has 0 spiro atoms. The highest BCUT2D eigenvalue weighted by Gasteiger charge is 2.21. The van der Waals surface area contributed by atoms with Crippen molar-refractivity contribution in [3.05, 3.63) is 66.0 Å². The van der Waals surface area contributed by atoms with Crippen molar-refractivity contribution in [1.29, 1.82) is 0 Å². The number of hydrogen-bond acceptors (Lipinski definition) is 3. The normalized spacial score (nSPS) is 11.6. The summed E-state index contributed by atoms with van der Waals surface area (Å²) in [4.78, 5) is 15.8. The van der Waals surface area contributed by atoms with E-state index in [0.717, 1.165) is 23.7 Å². The summed E-state index contributed by atoms with van der Waals surface area (Å²) in [6.45, 7) is 2.77. The zero-order valence-corrected chi connectivity index (χ0v) is 15.3. The second-order valence-electron chi connectivity index (χ2n) is 6.69. The molecule has 27 heavy (non-hydrogen) atoms. The van der Waals surface area contributed by atoms with Crippen molar-refractivity contribution in [3.8, 4) is 17.1 Å². The molecule has 3 rings (SSSR count). The van der Waals surface area contributed by atoms with Gasteiger partial charge in [-0.2, -0.15) is 0 Å². The third-order valence-corrected chi connectivity index (χ3v) is 4.22. The molecule has 0 bridgehead atoms. The van der Waals surface area contributed by atoms with Gasteiger partial charge in [0, 0.05) is 24.8 Å². The lowest BCUT2D eigenvalue weighted by Crippen LogP contribution is -2.13. The SMILES string of the molecule is CCC(=O)Cc1ccc(-c2ncn(-c3ccc(CC(C)(F)F)cc3)n2)cc1. The molecule has 1 heterocycles. The van der Waals surface area contributed by atoms with Gasteiger partial charge in [-0.25, -0.2) is 18.4 Å². The maximum Gasteiger partial charge on any atom is 0.249 e. The first-order valence-corrected chi connectivity index (χ1v) is 8.84. The molecule has 2 aromatic carbocycles. The molecule has 0 fully saturated rings. The Balaban J connectivity index is 1.73. The smallest absolute Gasteiger partial charge is 0.249 e. The first kappa shape index (κ1) is 18.9. The summed E-state index contributed by atoms with van der Waals surface area (Å²) in [5.41, 5.74) is 3.14. The number of rotatable bonds is 7. The van der Waals surface area contributed by atoms with Crippen molar-refractivity contribution in [1.82, 2.24) is 14.8 Å². The highest BCUT2D eigenvalue weighted by molar-refractivity contribution is 5.80. The van der Waals surface area contributed by atoms with E-state index in [0.29, 0.717) is 24.2 Å². The van der Waals surface area contributed by atoms with Crippen molar-refractivity contribution in [3.63, 3.8) is 0 Å². The number of halogens is 2. The van der Waals surface area contributed by atoms with Crippen molar-refractivity contribution >= 4 is 5.78 Å². The van der Waals surface area contributed by atoms with E-state index >= 15 is 0 Å². The lowest BCUT2D eigenvalue weighted by Gasteiger charge is -2.10. The van der Waals surface area contributed by atoms with E-state index in [4.69, 9.17) is 0 Å². The van der Waals surface area contributed by atoms with Crippen molar-refractivity contribution in [2.24, 2.45) is 0 Å². The predicted molar refractivity (Wildman–Crippen MR) is 100 cm³/mol. The molecule has 0 aliphatic rings. The molecule has 1 aromatic heterocycles. The monoisotopic (exact) mass is 369 g/mol. The maximum absolute atomic E-state index is 13.1. The Morgan fingerprint density at radius 2 is 1.67 bits per heavy atom. The number of ketones is 1. The minimum Gasteiger partial charge on any atom is -0.299 e. The van der Waals surface area contributed by atoms with Crippen LogP contribution in [0.4, 0.5) is 8.78 Å². The van der Waals surface area contributed by atoms with Crippen LogP contribution in [0, 0.1) is 0 Å². The van der Waals surface area contributed by atoms with Crippen molar-refractivity contribution in [2.75, 3.05) is 0 Å². The number of Topliss-reactive ketones (excluding diaryl/α,β-unsaturated/α-hetero) is 1. The van der Waals surface area contributed by atoms with Crippen LogP contribution in [0.25, 0.3) is 17.1 Å². The van der Waals surface area contributed by atoms with Crippen molar-refractivity contribution in [2.45, 2.75) is 39.0 Å². The number of carbonyl (C=O) groups is 1. The van der Waals surface area contributed by atoms with Crippen LogP contribution >= 0.6 is 0 Å². The largest absolute Gasteiger partial charge is 0.299 e. The van der Waals surface area contributed by atoms with Crippen LogP contribution in [0.1, 0.15) is 31.4 Å². The molecule has 3 aromatic rings. The van der Waals surface area contributed by atoms with Gasteiger partial charge in [0.05, 0.1) is 5.69 Å². The third kappa shape index (κ3) is 5.06. The van der Waals surface area contributed by atoms with E-state index in [1.165, 1.54) is 0 Å². The number of nitrogens with zero attached hydrogens (tertiary/aromatic N) is 3. The van der Waals surface area contributed by atoms with Crippen LogP contribution in [-0.2, 0) is 17.6 Å². The van der Waals surface area contributed by atoms with Gasteiger partial charge in [0.1, 0.15) is 12.1 Å². The summed E-state index contributed by atoms with van der Waals surface area (Å²) in [6, 6.07) is 14.4. The van der Waals surface area contributed by atoms with Gasteiger partial charge in [-0.05, 0) is 30.2 Å². The Morgan fingerprint density at radius 3 is 2.26 bits per heavy atom. The molecule has 0 atom stereocenters. The summed E-state index contributed by atoms with van der Waals surface area (Å²) < 4.78 is 27.8. The average Bonchev–Trinajstić information content (AvgIpc) is 3.11. The first-order valence-electron chi connectivity index (χ1n) is 8.84. The zero-order valence-electron chi connectivity index (χ0n) is 15.3. The van der Waals surface area contributed by atoms with E-state index in [9.17, 15) is 13.6 Å². The van der Waals surface area contributed by atoms with Crippen LogP contribution in [-0.4, -0.2) is 26.5 Å². The maximum atomic E-state index is 13.1. The van der Waals surface area contributed by atoms with Gasteiger partial charge in [-0.15, -0.1) is 5.10 Å². The Kier molecular flexibility index (Phi) is 5.44. The van der Waals surface area contributed by atoms with Crippen LogP contribution in [0.2, 0.25) is 0 Å². The highest BCUT2D eigenvalue weighted by Crippen LogP contribution is 2.21. The molecule has 6 heteroatoms. The van der Waals surface area contributed by atoms with Crippen LogP contribution < -0.4 is 0 Å². The number of hydrogen-bond donors (Lipinski definition) is 0. The molecule has 0 unspecified atom stereocenters. The topological polar surface area (TPSA) is 47.8 Å². The molecular weight excluding hydrogens is 348 g/mol. The van der Waals surface area contributed by atoms with E-state index in [1.807, 2.05) is 31.2 Å². The third-order valence-electron chi connectivity index (χ3n) is 4.22. The van der Waals surface area contributed by atoms with Gasteiger partial charge in [0.15, 0.2) is 5.82 Å². The van der Waals surface area contributed by atoms with Gasteiger partial charge in [-0.1, -0.05) is 43.3 Å². The standard InChI is InChI=1S/C21H21F2N3O/c1-3-19(27)12-15-4-8-17(9-5-15)20-24-14-26(25-20)18-10-6-16(7-11-18)13-21(2,22)23/h4-11,14H,3,12-13H2,1-2H3. The van der Waals surface area contributed by atoms with E-state index in [-0.39, 0.29) is 12.2 Å². The van der Waals surface area contributed by atoms with Gasteiger partial charge >= 0.3 is 0 Å². The molecule has 0 saturated carbocycles. The highest BCUT2D eigenvalue weighted by atomic mass is 19.3. The van der Waals surface area contributed by atoms with Gasteiger partial charge < -0.3 is 0 Å². The Labute approximate surface area is 156 Å². The van der Waals surface area contributed by atoms with Crippen LogP contribution in [0.15, 0.2) is 54.9 Å². The minimum absolute atomic E-state index is 0.203. The molecular formula is C21H21F2N3O. The first-order chi connectivity index (χ1) is 12.8. The number of aromatic nitrogens is 3. The lowest BCUT2D eigenvalue weighted by atomic mass is 10.1. The van der Waals surface area contributed by atoms with E-state index < -0.39 is 5.92 Å². The van der Waals surface area contributed by atoms with E-state index in [2.05, 4.69) is 10.1 Å². The quantitative estimate of drug-likeness (QED) is 0.609. The summed E-state index contributed by atoms with van der Waals surface area (Å²) in [7, 11) is 0. The van der Waals surface area contributed by atoms with Crippen molar-refractivity contribution < 1.29 is 13.6 Å². The fourth-order valence-electron chi connectivity index (χ4n) is 2.77. The van der Waals surface area contributed by atoms with E-state index in [1.54, 1.807) is 35.3 Å². The Hall–Kier alpha value is -2.89.